The number of rotatable bonds is 3. The zero-order chi connectivity index (χ0) is 22.6. The van der Waals surface area contributed by atoms with Crippen LogP contribution in [0, 0.1) is 23.2 Å². The van der Waals surface area contributed by atoms with E-state index < -0.39 is 5.60 Å². The smallest absolute Gasteiger partial charge is 0.410 e. The van der Waals surface area contributed by atoms with Crippen LogP contribution in [0.4, 0.5) is 9.59 Å². The summed E-state index contributed by atoms with van der Waals surface area (Å²) >= 11 is 0. The van der Waals surface area contributed by atoms with Crippen LogP contribution in [0.25, 0.3) is 0 Å². The van der Waals surface area contributed by atoms with Crippen LogP contribution in [0.15, 0.2) is 0 Å². The molecule has 8 nitrogen and oxygen atoms in total. The predicted octanol–water partition coefficient (Wildman–Crippen LogP) is 3.43. The fraction of sp³-hybridized carbons (Fsp3) is 0.870. The first-order valence-corrected chi connectivity index (χ1v) is 11.5. The first-order chi connectivity index (χ1) is 14.5. The second-order valence-electron chi connectivity index (χ2n) is 11.1. The number of hydrogen-bond acceptors (Lipinski definition) is 6. The zero-order valence-electron chi connectivity index (χ0n) is 19.4. The number of likely N-dealkylation sites (N-methyl/N-ethyl adjacent to an activating group) is 1. The van der Waals surface area contributed by atoms with Crippen LogP contribution in [-0.2, 0) is 19.0 Å². The number of carbonyl (C=O) groups is 3. The molecule has 0 aromatic rings. The first-order valence-electron chi connectivity index (χ1n) is 11.5. The van der Waals surface area contributed by atoms with E-state index in [4.69, 9.17) is 14.2 Å². The lowest BCUT2D eigenvalue weighted by Gasteiger charge is -2.57. The fourth-order valence-electron chi connectivity index (χ4n) is 6.53. The maximum Gasteiger partial charge on any atom is 0.410 e. The monoisotopic (exact) mass is 436 g/mol. The number of likely N-dealkylation sites (tertiary alicyclic amines) is 1. The second-order valence-corrected chi connectivity index (χ2v) is 11.1. The Morgan fingerprint density at radius 1 is 1.06 bits per heavy atom. The van der Waals surface area contributed by atoms with Crippen molar-refractivity contribution in [2.45, 2.75) is 77.0 Å². The normalized spacial score (nSPS) is 36.3. The number of amides is 2. The van der Waals surface area contributed by atoms with E-state index in [0.717, 1.165) is 32.1 Å². The van der Waals surface area contributed by atoms with Gasteiger partial charge in [-0.25, -0.2) is 9.59 Å². The van der Waals surface area contributed by atoms with Crippen LogP contribution in [0.2, 0.25) is 0 Å². The summed E-state index contributed by atoms with van der Waals surface area (Å²) in [5.74, 6) is 0.906. The van der Waals surface area contributed by atoms with Crippen molar-refractivity contribution in [2.75, 3.05) is 27.2 Å². The van der Waals surface area contributed by atoms with Crippen molar-refractivity contribution < 1.29 is 28.6 Å². The van der Waals surface area contributed by atoms with Gasteiger partial charge in [0.05, 0.1) is 18.6 Å². The maximum atomic E-state index is 13.0. The molecule has 0 spiro atoms. The van der Waals surface area contributed by atoms with E-state index in [1.54, 1.807) is 16.8 Å². The Balaban J connectivity index is 1.34. The number of ether oxygens (including phenoxy) is 3. The quantitative estimate of drug-likeness (QED) is 0.498. The largest absolute Gasteiger partial charge is 0.469 e. The molecule has 8 heteroatoms. The zero-order valence-corrected chi connectivity index (χ0v) is 19.4. The molecule has 0 aromatic carbocycles. The van der Waals surface area contributed by atoms with E-state index in [2.05, 4.69) is 0 Å². The average molecular weight is 437 g/mol. The Kier molecular flexibility index (Phi) is 5.63. The van der Waals surface area contributed by atoms with Gasteiger partial charge in [-0.1, -0.05) is 0 Å². The van der Waals surface area contributed by atoms with E-state index in [1.165, 1.54) is 7.11 Å². The number of esters is 1. The van der Waals surface area contributed by atoms with Gasteiger partial charge in [0.1, 0.15) is 11.7 Å². The molecule has 5 fully saturated rings. The summed E-state index contributed by atoms with van der Waals surface area (Å²) in [6, 6.07) is -0.0801. The Hall–Kier alpha value is -1.99. The third kappa shape index (κ3) is 4.22. The molecule has 174 valence electrons. The van der Waals surface area contributed by atoms with E-state index in [-0.39, 0.29) is 47.6 Å². The highest BCUT2D eigenvalue weighted by molar-refractivity contribution is 5.77. The molecular weight excluding hydrogens is 400 g/mol. The van der Waals surface area contributed by atoms with Crippen LogP contribution in [0.5, 0.6) is 0 Å². The van der Waals surface area contributed by atoms with Gasteiger partial charge in [0, 0.05) is 20.1 Å². The van der Waals surface area contributed by atoms with Crippen LogP contribution in [-0.4, -0.2) is 72.9 Å². The van der Waals surface area contributed by atoms with Gasteiger partial charge in [0.25, 0.3) is 0 Å². The van der Waals surface area contributed by atoms with E-state index in [9.17, 15) is 14.4 Å². The third-order valence-corrected chi connectivity index (χ3v) is 7.69. The highest BCUT2D eigenvalue weighted by atomic mass is 16.6. The summed E-state index contributed by atoms with van der Waals surface area (Å²) in [5, 5.41) is 0. The van der Waals surface area contributed by atoms with Crippen LogP contribution < -0.4 is 0 Å². The molecule has 4 aliphatic carbocycles. The summed E-state index contributed by atoms with van der Waals surface area (Å²) < 4.78 is 16.6. The van der Waals surface area contributed by atoms with Crippen molar-refractivity contribution in [3.63, 3.8) is 0 Å². The summed E-state index contributed by atoms with van der Waals surface area (Å²) in [5.41, 5.74) is -0.924. The van der Waals surface area contributed by atoms with Gasteiger partial charge in [-0.2, -0.15) is 0 Å². The predicted molar refractivity (Wildman–Crippen MR) is 112 cm³/mol. The van der Waals surface area contributed by atoms with Gasteiger partial charge >= 0.3 is 18.2 Å². The van der Waals surface area contributed by atoms with Gasteiger partial charge < -0.3 is 24.0 Å². The second kappa shape index (κ2) is 7.85. The SMILES string of the molecule is COC(=O)C12CC3CC(C1)C(OC(=O)N1CCC(N(C)C(=O)OC(C)(C)C)C1)C(C3)C2. The van der Waals surface area contributed by atoms with E-state index in [0.29, 0.717) is 25.4 Å². The highest BCUT2D eigenvalue weighted by Crippen LogP contribution is 2.61. The number of methoxy groups -OCH3 is 1. The molecule has 1 aliphatic heterocycles. The van der Waals surface area contributed by atoms with Crippen molar-refractivity contribution in [1.82, 2.24) is 9.80 Å². The third-order valence-electron chi connectivity index (χ3n) is 7.69. The van der Waals surface area contributed by atoms with Gasteiger partial charge in [0.2, 0.25) is 0 Å². The number of hydrogen-bond donors (Lipinski definition) is 0. The standard InChI is InChI=1S/C23H36N2O6/c1-22(2,3)31-20(27)24(4)17-6-7-25(13-17)21(28)30-18-15-8-14-9-16(18)12-23(10-14,11-15)19(26)29-5/h14-18H,6-13H2,1-5H3. The van der Waals surface area contributed by atoms with E-state index in [1.807, 2.05) is 20.8 Å². The summed E-state index contributed by atoms with van der Waals surface area (Å²) in [6.07, 6.45) is 4.39. The van der Waals surface area contributed by atoms with Crippen LogP contribution in [0.3, 0.4) is 0 Å². The fourth-order valence-corrected chi connectivity index (χ4v) is 6.53. The van der Waals surface area contributed by atoms with Crippen molar-refractivity contribution in [3.05, 3.63) is 0 Å². The Morgan fingerprint density at radius 2 is 1.71 bits per heavy atom. The van der Waals surface area contributed by atoms with Gasteiger partial charge in [-0.05, 0) is 77.0 Å². The number of nitrogens with zero attached hydrogens (tertiary/aromatic N) is 2. The minimum atomic E-state index is -0.552. The van der Waals surface area contributed by atoms with Crippen LogP contribution in [0.1, 0.15) is 59.3 Å². The summed E-state index contributed by atoms with van der Waals surface area (Å²) in [4.78, 5) is 41.0. The molecule has 5 rings (SSSR count). The molecule has 3 atom stereocenters. The van der Waals surface area contributed by atoms with E-state index >= 15 is 0 Å². The average Bonchev–Trinajstić information content (AvgIpc) is 3.17. The molecule has 5 aliphatic rings. The Morgan fingerprint density at radius 3 is 2.29 bits per heavy atom. The minimum absolute atomic E-state index is 0.0801. The molecule has 1 saturated heterocycles. The van der Waals surface area contributed by atoms with Gasteiger partial charge in [-0.3, -0.25) is 4.79 Å². The molecular formula is C23H36N2O6. The summed E-state index contributed by atoms with van der Waals surface area (Å²) in [7, 11) is 3.19. The molecule has 2 amide bonds. The number of carbonyl (C=O) groups excluding carboxylic acids is 3. The van der Waals surface area contributed by atoms with Crippen molar-refractivity contribution in [3.8, 4) is 0 Å². The maximum absolute atomic E-state index is 13.0. The molecule has 3 unspecified atom stereocenters. The minimum Gasteiger partial charge on any atom is -0.469 e. The topological polar surface area (TPSA) is 85.4 Å². The Bertz CT molecular complexity index is 731. The lowest BCUT2D eigenvalue weighted by Crippen LogP contribution is -2.58. The first kappa shape index (κ1) is 22.2. The molecule has 1 heterocycles. The molecule has 4 saturated carbocycles. The van der Waals surface area contributed by atoms with Gasteiger partial charge in [0.15, 0.2) is 0 Å². The summed E-state index contributed by atoms with van der Waals surface area (Å²) in [6.45, 7) is 6.53. The molecule has 0 N–H and O–H groups in total. The van der Waals surface area contributed by atoms with Crippen molar-refractivity contribution >= 4 is 18.2 Å². The Labute approximate surface area is 184 Å². The van der Waals surface area contributed by atoms with Crippen LogP contribution >= 0.6 is 0 Å². The van der Waals surface area contributed by atoms with Crippen molar-refractivity contribution in [2.24, 2.45) is 23.2 Å². The van der Waals surface area contributed by atoms with Crippen molar-refractivity contribution in [1.29, 1.82) is 0 Å². The molecule has 0 radical (unpaired) electrons. The molecule has 4 bridgehead atoms. The molecule has 0 aromatic heterocycles. The molecule has 31 heavy (non-hydrogen) atoms. The lowest BCUT2D eigenvalue weighted by molar-refractivity contribution is -0.182. The highest BCUT2D eigenvalue weighted by Gasteiger charge is 2.60. The van der Waals surface area contributed by atoms with Gasteiger partial charge in [-0.15, -0.1) is 0 Å². The lowest BCUT2D eigenvalue weighted by atomic mass is 9.48.